The molecule has 7 nitrogen and oxygen atoms in total. The molecule has 14 heteroatoms. The van der Waals surface area contributed by atoms with Gasteiger partial charge in [0, 0.05) is 18.5 Å². The third kappa shape index (κ3) is 3.60. The third-order valence-corrected chi connectivity index (χ3v) is 6.20. The topological polar surface area (TPSA) is 81.6 Å². The molecule has 0 N–H and O–H groups in total. The SMILES string of the molecule is CCS(=O)(=O)c1c(-c2cn3cnc(C(F)(F)F)cc3n2)nc2cc(C(F)(F)F)ccn12. The van der Waals surface area contributed by atoms with Crippen LogP contribution in [0, 0.1) is 0 Å². The number of aromatic nitrogens is 5. The molecule has 0 saturated carbocycles. The molecule has 4 aromatic heterocycles. The number of pyridine rings is 1. The van der Waals surface area contributed by atoms with Gasteiger partial charge in [-0.2, -0.15) is 26.3 Å². The lowest BCUT2D eigenvalue weighted by atomic mass is 10.2. The fourth-order valence-electron chi connectivity index (χ4n) is 2.96. The lowest BCUT2D eigenvalue weighted by molar-refractivity contribution is -0.141. The van der Waals surface area contributed by atoms with Crippen molar-refractivity contribution in [3.8, 4) is 11.4 Å². The van der Waals surface area contributed by atoms with Gasteiger partial charge in [-0.15, -0.1) is 0 Å². The predicted octanol–water partition coefficient (Wildman–Crippen LogP) is 3.88. The highest BCUT2D eigenvalue weighted by Gasteiger charge is 2.34. The van der Waals surface area contributed by atoms with Crippen LogP contribution in [0.4, 0.5) is 26.3 Å². The Morgan fingerprint density at radius 2 is 1.71 bits per heavy atom. The first-order valence-corrected chi connectivity index (χ1v) is 10.2. The summed E-state index contributed by atoms with van der Waals surface area (Å²) in [6.07, 6.45) is -6.43. The van der Waals surface area contributed by atoms with Gasteiger partial charge in [-0.1, -0.05) is 6.92 Å². The zero-order chi connectivity index (χ0) is 22.8. The smallest absolute Gasteiger partial charge is 0.290 e. The van der Waals surface area contributed by atoms with E-state index in [1.54, 1.807) is 0 Å². The van der Waals surface area contributed by atoms with Crippen LogP contribution in [0.15, 0.2) is 41.9 Å². The molecule has 0 fully saturated rings. The van der Waals surface area contributed by atoms with E-state index in [1.807, 2.05) is 0 Å². The van der Waals surface area contributed by atoms with Crippen LogP contribution in [0.1, 0.15) is 18.2 Å². The van der Waals surface area contributed by atoms with E-state index in [4.69, 9.17) is 0 Å². The van der Waals surface area contributed by atoms with Crippen LogP contribution in [0.3, 0.4) is 0 Å². The van der Waals surface area contributed by atoms with Gasteiger partial charge in [0.1, 0.15) is 34.7 Å². The Morgan fingerprint density at radius 3 is 2.32 bits per heavy atom. The maximum Gasteiger partial charge on any atom is 0.433 e. The Morgan fingerprint density at radius 1 is 1.00 bits per heavy atom. The van der Waals surface area contributed by atoms with Gasteiger partial charge >= 0.3 is 12.4 Å². The van der Waals surface area contributed by atoms with Crippen molar-refractivity contribution >= 4 is 21.1 Å². The highest BCUT2D eigenvalue weighted by atomic mass is 32.2. The van der Waals surface area contributed by atoms with Crippen molar-refractivity contribution in [2.45, 2.75) is 24.3 Å². The van der Waals surface area contributed by atoms with Gasteiger partial charge in [-0.05, 0) is 12.1 Å². The Balaban J connectivity index is 1.99. The summed E-state index contributed by atoms with van der Waals surface area (Å²) in [6.45, 7) is 1.34. The van der Waals surface area contributed by atoms with Crippen molar-refractivity contribution < 1.29 is 34.8 Å². The molecule has 0 amide bonds. The fourth-order valence-corrected chi connectivity index (χ4v) is 4.13. The minimum absolute atomic E-state index is 0.134. The van der Waals surface area contributed by atoms with Crippen LogP contribution in [0.5, 0.6) is 0 Å². The molecule has 0 atom stereocenters. The van der Waals surface area contributed by atoms with Crippen molar-refractivity contribution in [3.05, 3.63) is 48.2 Å². The second-order valence-corrected chi connectivity index (χ2v) is 8.67. The van der Waals surface area contributed by atoms with E-state index in [2.05, 4.69) is 15.0 Å². The molecule has 0 aliphatic carbocycles. The van der Waals surface area contributed by atoms with Crippen molar-refractivity contribution in [3.63, 3.8) is 0 Å². The Bertz CT molecular complexity index is 1420. The van der Waals surface area contributed by atoms with Gasteiger partial charge in [-0.3, -0.25) is 8.80 Å². The van der Waals surface area contributed by atoms with Crippen molar-refractivity contribution in [1.29, 1.82) is 0 Å². The Hall–Kier alpha value is -3.16. The van der Waals surface area contributed by atoms with E-state index >= 15 is 0 Å². The largest absolute Gasteiger partial charge is 0.433 e. The lowest BCUT2D eigenvalue weighted by Gasteiger charge is -2.07. The molecule has 4 heterocycles. The maximum atomic E-state index is 13.1. The highest BCUT2D eigenvalue weighted by Crippen LogP contribution is 2.34. The average molecular weight is 463 g/mol. The monoisotopic (exact) mass is 463 g/mol. The first-order valence-electron chi connectivity index (χ1n) is 8.55. The van der Waals surface area contributed by atoms with Crippen LogP contribution < -0.4 is 0 Å². The van der Waals surface area contributed by atoms with Crippen molar-refractivity contribution in [2.24, 2.45) is 0 Å². The number of sulfone groups is 1. The van der Waals surface area contributed by atoms with Crippen LogP contribution in [-0.2, 0) is 22.2 Å². The molecule has 0 unspecified atom stereocenters. The highest BCUT2D eigenvalue weighted by molar-refractivity contribution is 7.91. The summed E-state index contributed by atoms with van der Waals surface area (Å²) in [7, 11) is -4.00. The van der Waals surface area contributed by atoms with E-state index in [9.17, 15) is 34.8 Å². The number of alkyl halides is 6. The summed E-state index contributed by atoms with van der Waals surface area (Å²) < 4.78 is 105. The van der Waals surface area contributed by atoms with Gasteiger partial charge in [0.25, 0.3) is 0 Å². The number of halogens is 6. The molecule has 4 aromatic rings. The van der Waals surface area contributed by atoms with Gasteiger partial charge < -0.3 is 0 Å². The van der Waals surface area contributed by atoms with E-state index in [0.29, 0.717) is 18.2 Å². The standard InChI is InChI=1S/C17H11F6N5O2S/c1-2-31(29,30)15-14(26-13-5-9(16(18,19)20)3-4-28(13)15)10-7-27-8-24-11(17(21,22)23)6-12(27)25-10/h3-8H,2H2,1H3. The van der Waals surface area contributed by atoms with Gasteiger partial charge in [0.05, 0.1) is 11.3 Å². The second-order valence-electron chi connectivity index (χ2n) is 6.47. The van der Waals surface area contributed by atoms with Crippen LogP contribution in [-0.4, -0.2) is 37.9 Å². The molecular formula is C17H11F6N5O2S. The number of hydrogen-bond donors (Lipinski definition) is 0. The molecule has 31 heavy (non-hydrogen) atoms. The first kappa shape index (κ1) is 21.1. The van der Waals surface area contributed by atoms with Crippen LogP contribution in [0.25, 0.3) is 22.7 Å². The molecule has 0 aliphatic rings. The quantitative estimate of drug-likeness (QED) is 0.431. The average Bonchev–Trinajstić information content (AvgIpc) is 3.26. The molecule has 4 rings (SSSR count). The molecule has 0 aliphatic heterocycles. The third-order valence-electron chi connectivity index (χ3n) is 4.47. The zero-order valence-corrected chi connectivity index (χ0v) is 16.2. The summed E-state index contributed by atoms with van der Waals surface area (Å²) in [6, 6.07) is 2.04. The van der Waals surface area contributed by atoms with E-state index in [1.165, 1.54) is 13.1 Å². The normalized spacial score (nSPS) is 13.4. The zero-order valence-electron chi connectivity index (χ0n) is 15.4. The predicted molar refractivity (Wildman–Crippen MR) is 94.9 cm³/mol. The van der Waals surface area contributed by atoms with Gasteiger partial charge in [-0.25, -0.2) is 23.4 Å². The maximum absolute atomic E-state index is 13.1. The van der Waals surface area contributed by atoms with E-state index in [-0.39, 0.29) is 28.4 Å². The molecule has 0 bridgehead atoms. The summed E-state index contributed by atoms with van der Waals surface area (Å²) >= 11 is 0. The lowest BCUT2D eigenvalue weighted by Crippen LogP contribution is -2.10. The molecule has 164 valence electrons. The number of hydrogen-bond acceptors (Lipinski definition) is 5. The fraction of sp³-hybridized carbons (Fsp3) is 0.235. The van der Waals surface area contributed by atoms with Gasteiger partial charge in [0.15, 0.2) is 14.9 Å². The summed E-state index contributed by atoms with van der Waals surface area (Å²) in [5.74, 6) is -0.387. The number of rotatable bonds is 3. The molecular weight excluding hydrogens is 452 g/mol. The van der Waals surface area contributed by atoms with Gasteiger partial charge in [0.2, 0.25) is 0 Å². The van der Waals surface area contributed by atoms with Crippen LogP contribution in [0.2, 0.25) is 0 Å². The molecule has 0 radical (unpaired) electrons. The van der Waals surface area contributed by atoms with E-state index < -0.39 is 38.5 Å². The molecule has 0 aromatic carbocycles. The Kier molecular flexibility index (Phi) is 4.54. The Labute approximate surface area is 169 Å². The van der Waals surface area contributed by atoms with Crippen molar-refractivity contribution in [2.75, 3.05) is 5.75 Å². The second kappa shape index (κ2) is 6.67. The summed E-state index contributed by atoms with van der Waals surface area (Å²) in [5, 5.41) is -0.411. The first-order chi connectivity index (χ1) is 14.3. The number of nitrogens with zero attached hydrogens (tertiary/aromatic N) is 5. The minimum atomic E-state index is -4.72. The molecule has 0 spiro atoms. The number of imidazole rings is 2. The van der Waals surface area contributed by atoms with Crippen molar-refractivity contribution in [1.82, 2.24) is 23.8 Å². The van der Waals surface area contributed by atoms with E-state index in [0.717, 1.165) is 21.3 Å². The van der Waals surface area contributed by atoms with Crippen LogP contribution >= 0.6 is 0 Å². The number of fused-ring (bicyclic) bond motifs is 2. The minimum Gasteiger partial charge on any atom is -0.290 e. The summed E-state index contributed by atoms with van der Waals surface area (Å²) in [4.78, 5) is 11.3. The summed E-state index contributed by atoms with van der Waals surface area (Å²) in [5.41, 5.74) is -3.15. The molecule has 0 saturated heterocycles.